The fourth-order valence-electron chi connectivity index (χ4n) is 5.83. The summed E-state index contributed by atoms with van der Waals surface area (Å²) in [6, 6.07) is 44.7. The summed E-state index contributed by atoms with van der Waals surface area (Å²) >= 11 is 6.29. The van der Waals surface area contributed by atoms with Gasteiger partial charge in [-0.1, -0.05) is 97.1 Å². The molecule has 0 amide bonds. The van der Waals surface area contributed by atoms with Gasteiger partial charge in [0.2, 0.25) is 0 Å². The molecule has 5 heteroatoms. The van der Waals surface area contributed by atoms with Gasteiger partial charge < -0.3 is 14.4 Å². The molecular formula is C39H36ClNO2Si. The Morgan fingerprint density at radius 2 is 1.16 bits per heavy atom. The van der Waals surface area contributed by atoms with Gasteiger partial charge in [-0.2, -0.15) is 0 Å². The van der Waals surface area contributed by atoms with E-state index in [0.717, 1.165) is 61.6 Å². The number of halogens is 1. The number of hydrogen-bond acceptors (Lipinski definition) is 3. The molecule has 0 atom stereocenters. The smallest absolute Gasteiger partial charge is 0.128 e. The average molecular weight is 614 g/mol. The van der Waals surface area contributed by atoms with E-state index < -0.39 is 8.07 Å². The van der Waals surface area contributed by atoms with Gasteiger partial charge in [0.1, 0.15) is 11.5 Å². The Morgan fingerprint density at radius 1 is 0.545 bits per heavy atom. The van der Waals surface area contributed by atoms with Gasteiger partial charge in [-0.05, 0) is 88.8 Å². The fourth-order valence-corrected chi connectivity index (χ4v) is 7.16. The van der Waals surface area contributed by atoms with Crippen LogP contribution in [-0.2, 0) is 0 Å². The Kier molecular flexibility index (Phi) is 8.22. The predicted molar refractivity (Wildman–Crippen MR) is 191 cm³/mol. The maximum Gasteiger partial charge on any atom is 0.128 e. The Morgan fingerprint density at radius 3 is 1.80 bits per heavy atom. The first-order valence-electron chi connectivity index (χ1n) is 14.8. The Hall–Kier alpha value is -4.51. The van der Waals surface area contributed by atoms with Gasteiger partial charge in [-0.3, -0.25) is 0 Å². The zero-order valence-corrected chi connectivity index (χ0v) is 27.5. The number of fused-ring (bicyclic) bond motifs is 1. The van der Waals surface area contributed by atoms with Crippen LogP contribution in [0.5, 0.6) is 11.5 Å². The molecule has 0 aliphatic carbocycles. The first-order valence-corrected chi connectivity index (χ1v) is 18.7. The lowest BCUT2D eigenvalue weighted by atomic mass is 9.91. The highest BCUT2D eigenvalue weighted by atomic mass is 35.5. The van der Waals surface area contributed by atoms with Gasteiger partial charge in [0, 0.05) is 33.0 Å². The first-order chi connectivity index (χ1) is 21.3. The summed E-state index contributed by atoms with van der Waals surface area (Å²) in [6.45, 7) is 7.15. The summed E-state index contributed by atoms with van der Waals surface area (Å²) in [4.78, 5) is 2.31. The van der Waals surface area contributed by atoms with Crippen LogP contribution < -0.4 is 19.6 Å². The predicted octanol–water partition coefficient (Wildman–Crippen LogP) is 10.9. The average Bonchev–Trinajstić information content (AvgIpc) is 3.05. The van der Waals surface area contributed by atoms with Crippen molar-refractivity contribution in [3.8, 4) is 33.8 Å². The molecule has 6 aromatic rings. The second kappa shape index (κ2) is 12.2. The van der Waals surface area contributed by atoms with Gasteiger partial charge in [0.05, 0.1) is 22.3 Å². The number of benzene rings is 6. The highest BCUT2D eigenvalue weighted by Gasteiger charge is 2.19. The molecule has 0 N–H and O–H groups in total. The van der Waals surface area contributed by atoms with Crippen molar-refractivity contribution in [2.75, 3.05) is 19.1 Å². The van der Waals surface area contributed by atoms with Crippen molar-refractivity contribution in [3.05, 3.63) is 132 Å². The van der Waals surface area contributed by atoms with Crippen molar-refractivity contribution in [3.63, 3.8) is 0 Å². The number of nitrogens with zero attached hydrogens (tertiary/aromatic N) is 1. The molecule has 0 aliphatic heterocycles. The number of ether oxygens (including phenoxy) is 2. The van der Waals surface area contributed by atoms with Crippen molar-refractivity contribution < 1.29 is 9.47 Å². The van der Waals surface area contributed by atoms with Gasteiger partial charge in [-0.15, -0.1) is 0 Å². The third-order valence-electron chi connectivity index (χ3n) is 8.12. The molecule has 0 saturated carbocycles. The first kappa shape index (κ1) is 29.6. The normalized spacial score (nSPS) is 11.4. The third-order valence-corrected chi connectivity index (χ3v) is 10.4. The lowest BCUT2D eigenvalue weighted by Gasteiger charge is -2.27. The molecule has 0 spiro atoms. The van der Waals surface area contributed by atoms with E-state index in [-0.39, 0.29) is 0 Å². The molecule has 44 heavy (non-hydrogen) atoms. The van der Waals surface area contributed by atoms with Crippen LogP contribution in [0.25, 0.3) is 33.0 Å². The highest BCUT2D eigenvalue weighted by Crippen LogP contribution is 2.44. The van der Waals surface area contributed by atoms with Crippen molar-refractivity contribution in [1.29, 1.82) is 0 Å². The van der Waals surface area contributed by atoms with Crippen molar-refractivity contribution in [1.82, 2.24) is 0 Å². The molecule has 0 bridgehead atoms. The summed E-state index contributed by atoms with van der Waals surface area (Å²) in [5, 5.41) is 4.23. The van der Waals surface area contributed by atoms with E-state index in [1.165, 1.54) is 5.19 Å². The van der Waals surface area contributed by atoms with Crippen LogP contribution in [-0.4, -0.2) is 22.3 Å². The number of para-hydroxylation sites is 1. The van der Waals surface area contributed by atoms with E-state index >= 15 is 0 Å². The van der Waals surface area contributed by atoms with Gasteiger partial charge in [0.15, 0.2) is 0 Å². The summed E-state index contributed by atoms with van der Waals surface area (Å²) in [6.07, 6.45) is 0. The van der Waals surface area contributed by atoms with Crippen LogP contribution in [0.15, 0.2) is 127 Å². The van der Waals surface area contributed by atoms with E-state index in [1.54, 1.807) is 14.2 Å². The molecule has 220 valence electrons. The van der Waals surface area contributed by atoms with Gasteiger partial charge in [0.25, 0.3) is 0 Å². The van der Waals surface area contributed by atoms with Crippen molar-refractivity contribution >= 4 is 52.7 Å². The van der Waals surface area contributed by atoms with E-state index in [1.807, 2.05) is 24.3 Å². The summed E-state index contributed by atoms with van der Waals surface area (Å²) in [7, 11) is 2.00. The molecule has 0 unspecified atom stereocenters. The number of anilines is 3. The maximum absolute atomic E-state index is 6.29. The molecule has 6 rings (SSSR count). The van der Waals surface area contributed by atoms with Gasteiger partial charge in [-0.25, -0.2) is 0 Å². The molecule has 0 aromatic heterocycles. The molecular weight excluding hydrogens is 578 g/mol. The molecule has 0 aliphatic rings. The SMILES string of the molecule is COc1cc(Cl)ccc1-c1ccc(OC)c2c(-c3ccc(N(c4ccccc4)c4ccc([Si](C)(C)C)cc4)cc3)cccc12. The maximum atomic E-state index is 6.29. The third kappa shape index (κ3) is 5.71. The fraction of sp³-hybridized carbons (Fsp3) is 0.128. The minimum absolute atomic E-state index is 0.640. The molecule has 0 heterocycles. The monoisotopic (exact) mass is 613 g/mol. The van der Waals surface area contributed by atoms with E-state index in [9.17, 15) is 0 Å². The lowest BCUT2D eigenvalue weighted by molar-refractivity contribution is 0.416. The quantitative estimate of drug-likeness (QED) is 0.159. The second-order valence-electron chi connectivity index (χ2n) is 11.9. The standard InChI is InChI=1S/C39H36ClNO2Si/c1-42-37-25-24-34(35-23-16-28(40)26-38(35)43-2)36-13-9-12-33(39(36)37)27-14-17-30(18-15-27)41(29-10-7-6-8-11-29)31-19-21-32(22-20-31)44(3,4)5/h6-26H,1-5H3. The summed E-state index contributed by atoms with van der Waals surface area (Å²) in [5.41, 5.74) is 7.61. The van der Waals surface area contributed by atoms with Crippen LogP contribution in [0.3, 0.4) is 0 Å². The molecule has 6 aromatic carbocycles. The van der Waals surface area contributed by atoms with Crippen LogP contribution in [0.1, 0.15) is 0 Å². The van der Waals surface area contributed by atoms with Crippen LogP contribution >= 0.6 is 11.6 Å². The summed E-state index contributed by atoms with van der Waals surface area (Å²) < 4.78 is 11.6. The lowest BCUT2D eigenvalue weighted by Crippen LogP contribution is -2.37. The number of hydrogen-bond donors (Lipinski definition) is 0. The molecule has 0 saturated heterocycles. The summed E-state index contributed by atoms with van der Waals surface area (Å²) in [5.74, 6) is 1.56. The minimum atomic E-state index is -1.40. The second-order valence-corrected chi connectivity index (χ2v) is 17.4. The van der Waals surface area contributed by atoms with E-state index in [0.29, 0.717) is 5.02 Å². The zero-order valence-electron chi connectivity index (χ0n) is 25.8. The zero-order chi connectivity index (χ0) is 30.8. The molecule has 3 nitrogen and oxygen atoms in total. The minimum Gasteiger partial charge on any atom is -0.496 e. The van der Waals surface area contributed by atoms with E-state index in [4.69, 9.17) is 21.1 Å². The molecule has 0 fully saturated rings. The topological polar surface area (TPSA) is 21.7 Å². The van der Waals surface area contributed by atoms with Gasteiger partial charge >= 0.3 is 0 Å². The van der Waals surface area contributed by atoms with Crippen molar-refractivity contribution in [2.45, 2.75) is 19.6 Å². The Bertz CT molecular complexity index is 1910. The van der Waals surface area contributed by atoms with Crippen molar-refractivity contribution in [2.24, 2.45) is 0 Å². The van der Waals surface area contributed by atoms with Crippen LogP contribution in [0.4, 0.5) is 17.1 Å². The molecule has 0 radical (unpaired) electrons. The van der Waals surface area contributed by atoms with E-state index in [2.05, 4.69) is 128 Å². The number of rotatable bonds is 8. The Labute approximate surface area is 266 Å². The highest BCUT2D eigenvalue weighted by molar-refractivity contribution is 6.88. The van der Waals surface area contributed by atoms with Crippen LogP contribution in [0.2, 0.25) is 24.7 Å². The van der Waals surface area contributed by atoms with Crippen LogP contribution in [0, 0.1) is 0 Å². The Balaban J connectivity index is 1.46. The largest absolute Gasteiger partial charge is 0.496 e. The number of methoxy groups -OCH3 is 2.